The van der Waals surface area contributed by atoms with Crippen molar-refractivity contribution in [2.75, 3.05) is 4.90 Å². The molecule has 3 heterocycles. The van der Waals surface area contributed by atoms with E-state index in [1.807, 2.05) is 33.2 Å². The van der Waals surface area contributed by atoms with Gasteiger partial charge in [0.25, 0.3) is 0 Å². The fourth-order valence-corrected chi connectivity index (χ4v) is 3.87. The molecular weight excluding hydrogens is 348 g/mol. The number of hydrogen-bond acceptors (Lipinski definition) is 4. The topological polar surface area (TPSA) is 59.0 Å². The van der Waals surface area contributed by atoms with Crippen molar-refractivity contribution in [2.24, 2.45) is 11.3 Å². The van der Waals surface area contributed by atoms with Gasteiger partial charge in [-0.25, -0.2) is 9.97 Å². The van der Waals surface area contributed by atoms with E-state index in [4.69, 9.17) is 11.6 Å². The summed E-state index contributed by atoms with van der Waals surface area (Å²) < 4.78 is 0. The minimum absolute atomic E-state index is 0.0525. The molecule has 1 saturated heterocycles. The van der Waals surface area contributed by atoms with Gasteiger partial charge in [-0.1, -0.05) is 31.5 Å². The van der Waals surface area contributed by atoms with Crippen LogP contribution < -0.4 is 4.90 Å². The second-order valence-electron chi connectivity index (χ2n) is 7.23. The summed E-state index contributed by atoms with van der Waals surface area (Å²) >= 11 is 6.35. The van der Waals surface area contributed by atoms with Gasteiger partial charge < -0.3 is 0 Å². The molecule has 0 spiro atoms. The highest BCUT2D eigenvalue weighted by atomic mass is 35.5. The minimum atomic E-state index is -0.496. The Labute approximate surface area is 157 Å². The average molecular weight is 367 g/mol. The molecule has 5 nitrogen and oxygen atoms in total. The summed E-state index contributed by atoms with van der Waals surface area (Å²) in [4.78, 5) is 27.5. The Morgan fingerprint density at radius 2 is 1.96 bits per heavy atom. The number of allylic oxidation sites excluding steroid dienone is 4. The summed E-state index contributed by atoms with van der Waals surface area (Å²) in [7, 11) is 0. The molecule has 0 radical (unpaired) electrons. The highest BCUT2D eigenvalue weighted by molar-refractivity contribution is 6.34. The lowest BCUT2D eigenvalue weighted by atomic mass is 9.75. The number of halogens is 1. The van der Waals surface area contributed by atoms with Gasteiger partial charge in [-0.05, 0) is 31.1 Å². The number of fused-ring (bicyclic) bond motifs is 1. The maximum absolute atomic E-state index is 13.2. The van der Waals surface area contributed by atoms with Crippen molar-refractivity contribution < 1.29 is 4.79 Å². The number of carbonyl (C=O) groups is 1. The SMILES string of the molecule is Cc1ncc(C2=CCC3C(=C2)N(c2ccncc2Cl)C(=O)C3(C)C)cn1. The number of aryl methyl sites for hydroxylation is 1. The van der Waals surface area contributed by atoms with Crippen LogP contribution in [0.2, 0.25) is 5.02 Å². The summed E-state index contributed by atoms with van der Waals surface area (Å²) in [6.07, 6.45) is 11.9. The Hall–Kier alpha value is -2.53. The standard InChI is InChI=1S/C20H19ClN4O/c1-12-23-9-14(10-24-12)13-4-5-15-18(8-13)25(19(26)20(15,2)3)17-6-7-22-11-16(17)21/h4,6-11,15H,5H2,1-3H3. The van der Waals surface area contributed by atoms with Crippen LogP contribution in [-0.2, 0) is 4.79 Å². The van der Waals surface area contributed by atoms with Gasteiger partial charge in [0.15, 0.2) is 0 Å². The molecule has 2 aromatic heterocycles. The Bertz CT molecular complexity index is 947. The smallest absolute Gasteiger partial charge is 0.237 e. The lowest BCUT2D eigenvalue weighted by Gasteiger charge is -2.26. The van der Waals surface area contributed by atoms with Gasteiger partial charge >= 0.3 is 0 Å². The molecule has 1 aliphatic heterocycles. The summed E-state index contributed by atoms with van der Waals surface area (Å²) in [6.45, 7) is 5.85. The van der Waals surface area contributed by atoms with Gasteiger partial charge in [0.1, 0.15) is 5.82 Å². The van der Waals surface area contributed by atoms with Crippen LogP contribution in [0.4, 0.5) is 5.69 Å². The third-order valence-corrected chi connectivity index (χ3v) is 5.51. The molecule has 0 bridgehead atoms. The van der Waals surface area contributed by atoms with Crippen LogP contribution in [0.3, 0.4) is 0 Å². The van der Waals surface area contributed by atoms with Crippen molar-refractivity contribution in [3.8, 4) is 0 Å². The number of carbonyl (C=O) groups excluding carboxylic acids is 1. The van der Waals surface area contributed by atoms with E-state index in [-0.39, 0.29) is 11.8 Å². The van der Waals surface area contributed by atoms with E-state index in [0.29, 0.717) is 10.7 Å². The Morgan fingerprint density at radius 1 is 1.23 bits per heavy atom. The predicted molar refractivity (Wildman–Crippen MR) is 101 cm³/mol. The Kier molecular flexibility index (Phi) is 3.92. The molecule has 0 aromatic carbocycles. The molecule has 4 rings (SSSR count). The number of amides is 1. The third kappa shape index (κ3) is 2.54. The van der Waals surface area contributed by atoms with Gasteiger partial charge in [-0.15, -0.1) is 0 Å². The lowest BCUT2D eigenvalue weighted by molar-refractivity contribution is -0.125. The van der Waals surface area contributed by atoms with Gasteiger partial charge in [-0.2, -0.15) is 0 Å². The van der Waals surface area contributed by atoms with E-state index in [0.717, 1.165) is 29.1 Å². The van der Waals surface area contributed by atoms with Crippen LogP contribution in [-0.4, -0.2) is 20.9 Å². The average Bonchev–Trinajstić information content (AvgIpc) is 2.82. The molecule has 0 N–H and O–H groups in total. The number of rotatable bonds is 2. The molecule has 132 valence electrons. The van der Waals surface area contributed by atoms with E-state index in [9.17, 15) is 4.79 Å². The Morgan fingerprint density at radius 3 is 2.65 bits per heavy atom. The van der Waals surface area contributed by atoms with Gasteiger partial charge in [0, 0.05) is 42.0 Å². The quantitative estimate of drug-likeness (QED) is 0.799. The molecule has 2 aromatic rings. The van der Waals surface area contributed by atoms with Gasteiger partial charge in [0.2, 0.25) is 5.91 Å². The zero-order valence-corrected chi connectivity index (χ0v) is 15.7. The fourth-order valence-electron chi connectivity index (χ4n) is 3.66. The van der Waals surface area contributed by atoms with Gasteiger partial charge in [-0.3, -0.25) is 14.7 Å². The van der Waals surface area contributed by atoms with E-state index in [1.54, 1.807) is 23.4 Å². The van der Waals surface area contributed by atoms with Crippen LogP contribution in [0.15, 0.2) is 48.7 Å². The summed E-state index contributed by atoms with van der Waals surface area (Å²) in [5, 5.41) is 0.466. The van der Waals surface area contributed by atoms with Crippen LogP contribution in [0.1, 0.15) is 31.7 Å². The minimum Gasteiger partial charge on any atom is -0.282 e. The highest BCUT2D eigenvalue weighted by Crippen LogP contribution is 2.51. The Balaban J connectivity index is 1.82. The maximum Gasteiger partial charge on any atom is 0.237 e. The van der Waals surface area contributed by atoms with E-state index in [1.165, 1.54) is 0 Å². The molecule has 26 heavy (non-hydrogen) atoms. The van der Waals surface area contributed by atoms with E-state index >= 15 is 0 Å². The first-order valence-corrected chi connectivity index (χ1v) is 8.92. The monoisotopic (exact) mass is 366 g/mol. The fraction of sp³-hybridized carbons (Fsp3) is 0.300. The number of nitrogens with zero attached hydrogens (tertiary/aromatic N) is 4. The molecule has 6 heteroatoms. The van der Waals surface area contributed by atoms with Crippen LogP contribution in [0, 0.1) is 18.3 Å². The first kappa shape index (κ1) is 16.9. The normalized spacial score (nSPS) is 21.3. The van der Waals surface area contributed by atoms with Crippen molar-refractivity contribution in [3.63, 3.8) is 0 Å². The van der Waals surface area contributed by atoms with Gasteiger partial charge in [0.05, 0.1) is 16.1 Å². The summed E-state index contributed by atoms with van der Waals surface area (Å²) in [6, 6.07) is 1.78. The van der Waals surface area contributed by atoms with Crippen LogP contribution in [0.25, 0.3) is 5.57 Å². The third-order valence-electron chi connectivity index (χ3n) is 5.22. The predicted octanol–water partition coefficient (Wildman–Crippen LogP) is 4.19. The maximum atomic E-state index is 13.2. The van der Waals surface area contributed by atoms with Crippen molar-refractivity contribution in [3.05, 3.63) is 65.1 Å². The molecular formula is C20H19ClN4O. The van der Waals surface area contributed by atoms with Crippen LogP contribution >= 0.6 is 11.6 Å². The number of pyridine rings is 1. The number of aromatic nitrogens is 3. The number of anilines is 1. The summed E-state index contributed by atoms with van der Waals surface area (Å²) in [5.74, 6) is 0.893. The molecule has 1 aliphatic carbocycles. The van der Waals surface area contributed by atoms with Crippen molar-refractivity contribution in [2.45, 2.75) is 27.2 Å². The van der Waals surface area contributed by atoms with E-state index in [2.05, 4.69) is 27.1 Å². The second-order valence-corrected chi connectivity index (χ2v) is 7.63. The van der Waals surface area contributed by atoms with Crippen molar-refractivity contribution in [1.29, 1.82) is 0 Å². The largest absolute Gasteiger partial charge is 0.282 e. The van der Waals surface area contributed by atoms with Crippen molar-refractivity contribution in [1.82, 2.24) is 15.0 Å². The zero-order chi connectivity index (χ0) is 18.5. The highest BCUT2D eigenvalue weighted by Gasteiger charge is 2.51. The number of hydrogen-bond donors (Lipinski definition) is 0. The lowest BCUT2D eigenvalue weighted by Crippen LogP contribution is -2.31. The molecule has 1 atom stereocenters. The summed E-state index contributed by atoms with van der Waals surface area (Å²) in [5.41, 5.74) is 3.11. The molecule has 1 fully saturated rings. The molecule has 0 saturated carbocycles. The van der Waals surface area contributed by atoms with Crippen molar-refractivity contribution >= 4 is 28.8 Å². The van der Waals surface area contributed by atoms with Crippen LogP contribution in [0.5, 0.6) is 0 Å². The first-order chi connectivity index (χ1) is 12.4. The molecule has 1 amide bonds. The second kappa shape index (κ2) is 6.02. The zero-order valence-electron chi connectivity index (χ0n) is 14.9. The molecule has 1 unspecified atom stereocenters. The first-order valence-electron chi connectivity index (χ1n) is 8.54. The van der Waals surface area contributed by atoms with E-state index < -0.39 is 5.41 Å². The molecule has 2 aliphatic rings.